The van der Waals surface area contributed by atoms with E-state index in [4.69, 9.17) is 14.5 Å². The zero-order valence-corrected chi connectivity index (χ0v) is 34.6. The molecule has 2 unspecified atom stereocenters. The lowest BCUT2D eigenvalue weighted by Gasteiger charge is -2.30. The number of H-pyrrole nitrogens is 2. The van der Waals surface area contributed by atoms with Crippen molar-refractivity contribution in [1.29, 1.82) is 0 Å². The molecular formula is C43H44N8O6S2. The first-order chi connectivity index (χ1) is 28.6. The van der Waals surface area contributed by atoms with Crippen molar-refractivity contribution >= 4 is 56.1 Å². The molecule has 1 saturated heterocycles. The number of thiophene rings is 2. The number of likely N-dealkylation sites (tertiary alicyclic amines) is 1. The Balaban J connectivity index is 0.968. The average Bonchev–Trinajstić information content (AvgIpc) is 4.11. The minimum Gasteiger partial charge on any atom is -0.453 e. The zero-order chi connectivity index (χ0) is 41.2. The molecular weight excluding hydrogens is 789 g/mol. The fraction of sp³-hybridized carbons (Fsp3) is 0.302. The maximum absolute atomic E-state index is 13.9. The van der Waals surface area contributed by atoms with E-state index in [2.05, 4.69) is 60.6 Å². The number of methoxy groups -OCH3 is 2. The van der Waals surface area contributed by atoms with Crippen molar-refractivity contribution in [3.8, 4) is 33.6 Å². The van der Waals surface area contributed by atoms with Crippen molar-refractivity contribution in [1.82, 2.24) is 40.4 Å². The number of rotatable bonds is 11. The zero-order valence-electron chi connectivity index (χ0n) is 32.9. The van der Waals surface area contributed by atoms with Crippen LogP contribution in [0.2, 0.25) is 0 Å². The van der Waals surface area contributed by atoms with E-state index in [0.717, 1.165) is 57.0 Å². The van der Waals surface area contributed by atoms with Crippen molar-refractivity contribution in [2.45, 2.75) is 50.9 Å². The Bertz CT molecular complexity index is 2500. The van der Waals surface area contributed by atoms with E-state index in [1.165, 1.54) is 18.9 Å². The summed E-state index contributed by atoms with van der Waals surface area (Å²) < 4.78 is 11.9. The van der Waals surface area contributed by atoms with E-state index in [-0.39, 0.29) is 23.8 Å². The van der Waals surface area contributed by atoms with E-state index in [1.807, 2.05) is 55.3 Å². The number of benzene rings is 2. The van der Waals surface area contributed by atoms with E-state index >= 15 is 0 Å². The van der Waals surface area contributed by atoms with E-state index in [0.29, 0.717) is 24.5 Å². The molecule has 4 amide bonds. The smallest absolute Gasteiger partial charge is 0.407 e. The van der Waals surface area contributed by atoms with Crippen molar-refractivity contribution in [3.63, 3.8) is 0 Å². The number of hydrogen-bond acceptors (Lipinski definition) is 10. The topological polar surface area (TPSA) is 175 Å². The summed E-state index contributed by atoms with van der Waals surface area (Å²) in [4.78, 5) is 71.6. The van der Waals surface area contributed by atoms with Gasteiger partial charge in [0.2, 0.25) is 5.91 Å². The molecule has 1 fully saturated rings. The molecule has 0 saturated carbocycles. The van der Waals surface area contributed by atoms with Crippen LogP contribution in [0.1, 0.15) is 62.0 Å². The lowest BCUT2D eigenvalue weighted by atomic mass is 10.0. The largest absolute Gasteiger partial charge is 0.453 e. The number of nitrogens with zero attached hydrogens (tertiary/aromatic N) is 4. The molecule has 304 valence electrons. The van der Waals surface area contributed by atoms with Gasteiger partial charge in [-0.15, -0.1) is 22.7 Å². The standard InChI is InChI=1S/C43H44N8O6S2/c1-24(2)34(48-42(54)56-3)40(52)50-18-8-13-33(50)39-45-21-31(47-39)29-23-59-36-28(22-58-37(29)36)25-14-16-26(17-15-25)30-20-44-38(46-30)32-12-9-19-51(32)41(53)35(49-43(55)57-4)27-10-6-5-7-11-27/h5-7,9-12,14-17,20-24,32-35H,8,13,18-19H2,1-4H3,(H,44,46)(H,45,47)(H,48,54)(H,49,55)/t32?,33?,34-,35+/m0/s1. The van der Waals surface area contributed by atoms with Crippen LogP contribution in [0.3, 0.4) is 0 Å². The molecule has 16 heteroatoms. The predicted octanol–water partition coefficient (Wildman–Crippen LogP) is 7.99. The number of carbonyl (C=O) groups excluding carboxylic acids is 4. The fourth-order valence-corrected chi connectivity index (χ4v) is 10.2. The van der Waals surface area contributed by atoms with Crippen LogP contribution in [0, 0.1) is 5.92 Å². The highest BCUT2D eigenvalue weighted by atomic mass is 32.1. The molecule has 59 heavy (non-hydrogen) atoms. The maximum atomic E-state index is 13.9. The normalized spacial score (nSPS) is 17.4. The number of nitrogens with one attached hydrogen (secondary N) is 4. The van der Waals surface area contributed by atoms with Crippen LogP contribution in [0.4, 0.5) is 9.59 Å². The van der Waals surface area contributed by atoms with Gasteiger partial charge in [0.15, 0.2) is 0 Å². The number of imidazole rings is 2. The highest BCUT2D eigenvalue weighted by Crippen LogP contribution is 2.44. The number of fused-ring (bicyclic) bond motifs is 1. The third kappa shape index (κ3) is 7.84. The number of amides is 4. The summed E-state index contributed by atoms with van der Waals surface area (Å²) in [5, 5.41) is 9.72. The second-order valence-corrected chi connectivity index (χ2v) is 16.5. The summed E-state index contributed by atoms with van der Waals surface area (Å²) in [5.74, 6) is 0.824. The molecule has 6 heterocycles. The van der Waals surface area contributed by atoms with Gasteiger partial charge in [-0.2, -0.15) is 0 Å². The summed E-state index contributed by atoms with van der Waals surface area (Å²) >= 11 is 3.37. The first-order valence-electron chi connectivity index (χ1n) is 19.4. The SMILES string of the molecule is COC(=O)N[C@H](C(=O)N1CCCC1c1ncc(-c2csc3c(-c4ccc(-c5cnc(C6C=CCN6C(=O)[C@H](NC(=O)OC)c6ccccc6)[nH]5)cc4)csc23)[nH]1)C(C)C. The molecule has 4 aromatic heterocycles. The number of carbonyl (C=O) groups is 4. The number of alkyl carbamates (subject to hydrolysis) is 2. The molecule has 0 spiro atoms. The van der Waals surface area contributed by atoms with Crippen LogP contribution in [-0.4, -0.2) is 87.1 Å². The van der Waals surface area contributed by atoms with Gasteiger partial charge in [0.1, 0.15) is 29.8 Å². The Morgan fingerprint density at radius 3 is 2.15 bits per heavy atom. The van der Waals surface area contributed by atoms with Gasteiger partial charge in [0.25, 0.3) is 5.91 Å². The van der Waals surface area contributed by atoms with E-state index in [1.54, 1.807) is 45.9 Å². The van der Waals surface area contributed by atoms with Gasteiger partial charge in [0.05, 0.1) is 53.4 Å². The predicted molar refractivity (Wildman–Crippen MR) is 226 cm³/mol. The van der Waals surface area contributed by atoms with E-state index < -0.39 is 30.3 Å². The van der Waals surface area contributed by atoms with Gasteiger partial charge < -0.3 is 39.9 Å². The Labute approximate surface area is 348 Å². The Morgan fingerprint density at radius 2 is 1.42 bits per heavy atom. The summed E-state index contributed by atoms with van der Waals surface area (Å²) in [6.07, 6.45) is 7.78. The quantitative estimate of drug-likeness (QED) is 0.0951. The number of aromatic amines is 2. The highest BCUT2D eigenvalue weighted by molar-refractivity contribution is 7.27. The number of hydrogen-bond donors (Lipinski definition) is 4. The van der Waals surface area contributed by atoms with Crippen LogP contribution < -0.4 is 10.6 Å². The monoisotopic (exact) mass is 832 g/mol. The molecule has 0 radical (unpaired) electrons. The van der Waals surface area contributed by atoms with Crippen LogP contribution in [0.15, 0.2) is 89.9 Å². The maximum Gasteiger partial charge on any atom is 0.407 e. The Morgan fingerprint density at radius 1 is 0.780 bits per heavy atom. The number of ether oxygens (including phenoxy) is 2. The minimum absolute atomic E-state index is 0.111. The first kappa shape index (κ1) is 39.6. The highest BCUT2D eigenvalue weighted by Gasteiger charge is 2.38. The minimum atomic E-state index is -0.921. The van der Waals surface area contributed by atoms with Gasteiger partial charge in [-0.1, -0.05) is 80.6 Å². The van der Waals surface area contributed by atoms with Crippen molar-refractivity contribution in [2.24, 2.45) is 5.92 Å². The second-order valence-electron chi connectivity index (χ2n) is 14.8. The fourth-order valence-electron chi connectivity index (χ4n) is 7.77. The van der Waals surface area contributed by atoms with Crippen LogP contribution >= 0.6 is 22.7 Å². The molecule has 2 aliphatic rings. The van der Waals surface area contributed by atoms with Gasteiger partial charge in [-0.25, -0.2) is 19.6 Å². The van der Waals surface area contributed by atoms with Crippen LogP contribution in [-0.2, 0) is 19.1 Å². The van der Waals surface area contributed by atoms with Gasteiger partial charge in [-0.3, -0.25) is 9.59 Å². The van der Waals surface area contributed by atoms with Gasteiger partial charge in [-0.05, 0) is 35.4 Å². The lowest BCUT2D eigenvalue weighted by Crippen LogP contribution is -2.51. The summed E-state index contributed by atoms with van der Waals surface area (Å²) in [6, 6.07) is 15.2. The van der Waals surface area contributed by atoms with Gasteiger partial charge in [0, 0.05) is 35.0 Å². The summed E-state index contributed by atoms with van der Waals surface area (Å²) in [7, 11) is 2.56. The molecule has 2 aromatic carbocycles. The Hall–Kier alpha value is -6.26. The summed E-state index contributed by atoms with van der Waals surface area (Å²) in [5.41, 5.74) is 6.60. The molecule has 4 N–H and O–H groups in total. The average molecular weight is 833 g/mol. The van der Waals surface area contributed by atoms with Gasteiger partial charge >= 0.3 is 12.2 Å². The molecule has 4 atom stereocenters. The molecule has 14 nitrogen and oxygen atoms in total. The van der Waals surface area contributed by atoms with Crippen molar-refractivity contribution in [2.75, 3.05) is 27.3 Å². The van der Waals surface area contributed by atoms with E-state index in [9.17, 15) is 19.2 Å². The molecule has 0 bridgehead atoms. The molecule has 0 aliphatic carbocycles. The van der Waals surface area contributed by atoms with Crippen molar-refractivity contribution < 1.29 is 28.7 Å². The Kier molecular flexibility index (Phi) is 11.3. The molecule has 6 aromatic rings. The second kappa shape index (κ2) is 16.9. The molecule has 8 rings (SSSR count). The number of aromatic nitrogens is 4. The van der Waals surface area contributed by atoms with Crippen LogP contribution in [0.5, 0.6) is 0 Å². The molecule has 2 aliphatic heterocycles. The summed E-state index contributed by atoms with van der Waals surface area (Å²) in [6.45, 7) is 4.77. The lowest BCUT2D eigenvalue weighted by molar-refractivity contribution is -0.135. The van der Waals surface area contributed by atoms with Crippen molar-refractivity contribution in [3.05, 3.63) is 107 Å². The third-order valence-electron chi connectivity index (χ3n) is 10.9. The first-order valence-corrected chi connectivity index (χ1v) is 21.1. The third-order valence-corrected chi connectivity index (χ3v) is 13.0. The van der Waals surface area contributed by atoms with Crippen LogP contribution in [0.25, 0.3) is 43.0 Å².